The number of sulfonamides is 1. The van der Waals surface area contributed by atoms with Gasteiger partial charge in [0.2, 0.25) is 10.0 Å². The fourth-order valence-corrected chi connectivity index (χ4v) is 6.35. The van der Waals surface area contributed by atoms with Gasteiger partial charge < -0.3 is 21.9 Å². The summed E-state index contributed by atoms with van der Waals surface area (Å²) in [5, 5.41) is 13.0. The zero-order valence-electron chi connectivity index (χ0n) is 20.0. The Hall–Kier alpha value is -2.37. The standard InChI is InChI=1S/C23H38N6O4S/c1-15-8-10-29(19(12-15)22(30)31)14-18(6-4-9-26-23(24)25)28-34(32,33)20-7-3-5-17-11-16(2)13-27-21(17)20/h3,5,7,15-16,18-19,27-28H,4,6,8-14H2,1-2H3,(H,30,31)(H4,24,25,26)/t15-,16?,18+,19-/m1/s1. The molecule has 4 atom stereocenters. The summed E-state index contributed by atoms with van der Waals surface area (Å²) in [5.41, 5.74) is 12.5. The molecule has 190 valence electrons. The third-order valence-electron chi connectivity index (χ3n) is 6.64. The van der Waals surface area contributed by atoms with Crippen LogP contribution in [-0.4, -0.2) is 68.6 Å². The van der Waals surface area contributed by atoms with Gasteiger partial charge in [0.1, 0.15) is 10.9 Å². The number of hydrogen-bond donors (Lipinski definition) is 5. The molecule has 1 saturated heterocycles. The highest BCUT2D eigenvalue weighted by molar-refractivity contribution is 7.89. The van der Waals surface area contributed by atoms with E-state index in [2.05, 4.69) is 28.9 Å². The smallest absolute Gasteiger partial charge is 0.320 e. The summed E-state index contributed by atoms with van der Waals surface area (Å²) in [6, 6.07) is 4.24. The Kier molecular flexibility index (Phi) is 8.78. The first-order valence-electron chi connectivity index (χ1n) is 12.0. The number of anilines is 1. The molecule has 0 aliphatic carbocycles. The Balaban J connectivity index is 1.81. The summed E-state index contributed by atoms with van der Waals surface area (Å²) in [6.45, 7) is 6.19. The number of piperidine rings is 1. The van der Waals surface area contributed by atoms with E-state index in [1.165, 1.54) is 0 Å². The molecule has 11 heteroatoms. The van der Waals surface area contributed by atoms with E-state index in [1.54, 1.807) is 12.1 Å². The molecule has 0 radical (unpaired) electrons. The quantitative estimate of drug-likeness (QED) is 0.184. The average Bonchev–Trinajstić information content (AvgIpc) is 2.76. The third kappa shape index (κ3) is 6.83. The van der Waals surface area contributed by atoms with Crippen molar-refractivity contribution in [1.82, 2.24) is 9.62 Å². The normalized spacial score (nSPS) is 24.0. The lowest BCUT2D eigenvalue weighted by atomic mass is 9.92. The number of para-hydroxylation sites is 1. The van der Waals surface area contributed by atoms with E-state index in [-0.39, 0.29) is 10.9 Å². The van der Waals surface area contributed by atoms with Crippen molar-refractivity contribution in [2.24, 2.45) is 28.3 Å². The van der Waals surface area contributed by atoms with Gasteiger partial charge in [-0.05, 0) is 62.1 Å². The molecule has 2 aliphatic heterocycles. The molecule has 0 amide bonds. The molecule has 0 bridgehead atoms. The number of carbonyl (C=O) groups is 1. The van der Waals surface area contributed by atoms with Crippen LogP contribution in [0.1, 0.15) is 45.1 Å². The van der Waals surface area contributed by atoms with Crippen LogP contribution in [0.15, 0.2) is 28.1 Å². The second kappa shape index (κ2) is 11.4. The molecule has 0 saturated carbocycles. The summed E-state index contributed by atoms with van der Waals surface area (Å²) in [7, 11) is -3.84. The van der Waals surface area contributed by atoms with E-state index in [1.807, 2.05) is 11.0 Å². The van der Waals surface area contributed by atoms with E-state index in [0.717, 1.165) is 18.4 Å². The topological polar surface area (TPSA) is 163 Å². The molecular weight excluding hydrogens is 456 g/mol. The minimum absolute atomic E-state index is 0.00990. The first kappa shape index (κ1) is 26.2. The van der Waals surface area contributed by atoms with Gasteiger partial charge in [-0.15, -0.1) is 0 Å². The Morgan fingerprint density at radius 1 is 1.32 bits per heavy atom. The van der Waals surface area contributed by atoms with Gasteiger partial charge in [-0.2, -0.15) is 0 Å². The number of carboxylic acids is 1. The van der Waals surface area contributed by atoms with E-state index in [4.69, 9.17) is 11.5 Å². The van der Waals surface area contributed by atoms with Crippen LogP contribution in [0.4, 0.5) is 5.69 Å². The maximum absolute atomic E-state index is 13.5. The Labute approximate surface area is 202 Å². The van der Waals surface area contributed by atoms with Crippen LogP contribution in [-0.2, 0) is 21.2 Å². The highest BCUT2D eigenvalue weighted by atomic mass is 32.2. The van der Waals surface area contributed by atoms with Gasteiger partial charge >= 0.3 is 5.97 Å². The lowest BCUT2D eigenvalue weighted by Gasteiger charge is -2.38. The van der Waals surface area contributed by atoms with Gasteiger partial charge in [-0.3, -0.25) is 14.7 Å². The molecule has 1 fully saturated rings. The molecule has 1 aromatic carbocycles. The largest absolute Gasteiger partial charge is 0.480 e. The molecule has 2 heterocycles. The molecule has 3 rings (SSSR count). The number of hydrogen-bond acceptors (Lipinski definition) is 6. The molecular formula is C23H38N6O4S. The molecule has 1 aromatic rings. The molecule has 34 heavy (non-hydrogen) atoms. The Bertz CT molecular complexity index is 995. The number of likely N-dealkylation sites (tertiary alicyclic amines) is 1. The average molecular weight is 495 g/mol. The lowest BCUT2D eigenvalue weighted by Crippen LogP contribution is -2.52. The molecule has 2 aliphatic rings. The minimum Gasteiger partial charge on any atom is -0.480 e. The van der Waals surface area contributed by atoms with Crippen molar-refractivity contribution in [3.8, 4) is 0 Å². The maximum atomic E-state index is 13.5. The molecule has 7 N–H and O–H groups in total. The van der Waals surface area contributed by atoms with E-state index in [9.17, 15) is 18.3 Å². The van der Waals surface area contributed by atoms with E-state index < -0.39 is 28.1 Å². The van der Waals surface area contributed by atoms with Crippen LogP contribution in [0.2, 0.25) is 0 Å². The van der Waals surface area contributed by atoms with Gasteiger partial charge in [0.15, 0.2) is 5.96 Å². The van der Waals surface area contributed by atoms with Crippen molar-refractivity contribution in [2.45, 2.75) is 62.9 Å². The van der Waals surface area contributed by atoms with Crippen molar-refractivity contribution in [1.29, 1.82) is 0 Å². The van der Waals surface area contributed by atoms with Crippen molar-refractivity contribution in [3.63, 3.8) is 0 Å². The van der Waals surface area contributed by atoms with Crippen molar-refractivity contribution < 1.29 is 18.3 Å². The summed E-state index contributed by atoms with van der Waals surface area (Å²) >= 11 is 0. The number of rotatable bonds is 10. The molecule has 0 aromatic heterocycles. The monoisotopic (exact) mass is 494 g/mol. The van der Waals surface area contributed by atoms with Crippen molar-refractivity contribution >= 4 is 27.6 Å². The fraction of sp³-hybridized carbons (Fsp3) is 0.652. The summed E-state index contributed by atoms with van der Waals surface area (Å²) in [6.07, 6.45) is 3.30. The maximum Gasteiger partial charge on any atom is 0.320 e. The lowest BCUT2D eigenvalue weighted by molar-refractivity contribution is -0.145. The number of aliphatic carboxylic acids is 1. The number of guanidine groups is 1. The Morgan fingerprint density at radius 3 is 2.79 bits per heavy atom. The van der Waals surface area contributed by atoms with Crippen molar-refractivity contribution in [3.05, 3.63) is 23.8 Å². The number of fused-ring (bicyclic) bond motifs is 1. The summed E-state index contributed by atoms with van der Waals surface area (Å²) in [5.74, 6) is -0.136. The first-order valence-corrected chi connectivity index (χ1v) is 13.5. The van der Waals surface area contributed by atoms with Crippen LogP contribution in [0.25, 0.3) is 0 Å². The van der Waals surface area contributed by atoms with Gasteiger partial charge in [-0.25, -0.2) is 13.1 Å². The van der Waals surface area contributed by atoms with Crippen LogP contribution < -0.4 is 21.5 Å². The highest BCUT2D eigenvalue weighted by Gasteiger charge is 2.34. The van der Waals surface area contributed by atoms with Crippen LogP contribution in [0, 0.1) is 11.8 Å². The van der Waals surface area contributed by atoms with Gasteiger partial charge in [0, 0.05) is 25.7 Å². The second-order valence-corrected chi connectivity index (χ2v) is 11.4. The van der Waals surface area contributed by atoms with Gasteiger partial charge in [0.25, 0.3) is 0 Å². The second-order valence-electron chi connectivity index (χ2n) is 9.73. The molecule has 1 unspecified atom stereocenters. The van der Waals surface area contributed by atoms with Gasteiger partial charge in [0.05, 0.1) is 5.69 Å². The molecule has 0 spiro atoms. The highest BCUT2D eigenvalue weighted by Crippen LogP contribution is 2.31. The van der Waals surface area contributed by atoms with Crippen LogP contribution >= 0.6 is 0 Å². The zero-order valence-corrected chi connectivity index (χ0v) is 20.9. The zero-order chi connectivity index (χ0) is 24.9. The number of carboxylic acid groups (broad SMARTS) is 1. The van der Waals surface area contributed by atoms with Crippen LogP contribution in [0.3, 0.4) is 0 Å². The number of benzene rings is 1. The van der Waals surface area contributed by atoms with Crippen LogP contribution in [0.5, 0.6) is 0 Å². The Morgan fingerprint density at radius 2 is 2.09 bits per heavy atom. The minimum atomic E-state index is -3.84. The van der Waals surface area contributed by atoms with Gasteiger partial charge in [-0.1, -0.05) is 26.0 Å². The SMILES string of the molecule is CC1CNc2c(cccc2S(=O)(=O)N[C@@H](CCCN=C(N)N)CN2CC[C@@H](C)C[C@@H]2C(=O)O)C1. The van der Waals surface area contributed by atoms with E-state index >= 15 is 0 Å². The summed E-state index contributed by atoms with van der Waals surface area (Å²) in [4.78, 5) is 18.0. The first-order chi connectivity index (χ1) is 16.1. The fourth-order valence-electron chi connectivity index (χ4n) is 4.86. The molecule has 10 nitrogen and oxygen atoms in total. The number of nitrogens with two attached hydrogens (primary N) is 2. The van der Waals surface area contributed by atoms with Crippen molar-refractivity contribution in [2.75, 3.05) is 31.5 Å². The third-order valence-corrected chi connectivity index (χ3v) is 8.20. The number of aliphatic imine (C=N–C) groups is 1. The van der Waals surface area contributed by atoms with E-state index in [0.29, 0.717) is 63.0 Å². The number of nitrogens with one attached hydrogen (secondary N) is 2. The summed E-state index contributed by atoms with van der Waals surface area (Å²) < 4.78 is 29.8. The number of nitrogens with zero attached hydrogens (tertiary/aromatic N) is 2. The predicted octanol–water partition coefficient (Wildman–Crippen LogP) is 1.18. The predicted molar refractivity (Wildman–Crippen MR) is 133 cm³/mol.